The van der Waals surface area contributed by atoms with E-state index in [0.29, 0.717) is 12.0 Å². The van der Waals surface area contributed by atoms with Crippen molar-refractivity contribution in [3.8, 4) is 0 Å². The minimum atomic E-state index is 0.380. The molecule has 0 aliphatic carbocycles. The summed E-state index contributed by atoms with van der Waals surface area (Å²) in [5.74, 6) is 1.75. The molecular formula is C22H38N4O2S. The van der Waals surface area contributed by atoms with Gasteiger partial charge >= 0.3 is 0 Å². The van der Waals surface area contributed by atoms with Crippen LogP contribution >= 0.6 is 11.3 Å². The second kappa shape index (κ2) is 12.5. The van der Waals surface area contributed by atoms with Crippen LogP contribution < -0.4 is 5.32 Å². The van der Waals surface area contributed by atoms with Crippen molar-refractivity contribution in [2.24, 2.45) is 10.9 Å². The fraction of sp³-hybridized carbons (Fsp3) is 0.773. The Hall–Kier alpha value is -1.15. The van der Waals surface area contributed by atoms with Crippen LogP contribution in [0.1, 0.15) is 37.0 Å². The quantitative estimate of drug-likeness (QED) is 0.377. The summed E-state index contributed by atoms with van der Waals surface area (Å²) in [7, 11) is 3.64. The number of nitrogens with zero attached hydrogens (tertiary/aromatic N) is 3. The molecule has 2 aliphatic heterocycles. The second-order valence-electron chi connectivity index (χ2n) is 8.15. The molecule has 1 aromatic heterocycles. The first-order chi connectivity index (χ1) is 14.3. The van der Waals surface area contributed by atoms with Crippen LogP contribution in [0.3, 0.4) is 0 Å². The average molecular weight is 423 g/mol. The van der Waals surface area contributed by atoms with Gasteiger partial charge in [0.2, 0.25) is 0 Å². The molecule has 3 heterocycles. The molecule has 2 aliphatic rings. The molecular weight excluding hydrogens is 384 g/mol. The average Bonchev–Trinajstić information content (AvgIpc) is 3.26. The summed E-state index contributed by atoms with van der Waals surface area (Å²) < 4.78 is 11.1. The molecule has 2 fully saturated rings. The first-order valence-corrected chi connectivity index (χ1v) is 12.0. The number of aliphatic imine (C=N–C) groups is 1. The SMILES string of the molecule is CN=C(NCC1CCCN(Cc2cccs2)C1)N1CCC(OCCCOC)CC1. The van der Waals surface area contributed by atoms with Crippen molar-refractivity contribution in [3.63, 3.8) is 0 Å². The third-order valence-electron chi connectivity index (χ3n) is 5.91. The lowest BCUT2D eigenvalue weighted by molar-refractivity contribution is 0.00985. The van der Waals surface area contributed by atoms with E-state index in [2.05, 4.69) is 37.6 Å². The van der Waals surface area contributed by atoms with Crippen molar-refractivity contribution >= 4 is 17.3 Å². The van der Waals surface area contributed by atoms with E-state index in [1.807, 2.05) is 18.4 Å². The minimum absolute atomic E-state index is 0.380. The number of thiophene rings is 1. The van der Waals surface area contributed by atoms with Crippen LogP contribution in [0.2, 0.25) is 0 Å². The predicted octanol–water partition coefficient (Wildman–Crippen LogP) is 3.05. The molecule has 0 bridgehead atoms. The van der Waals surface area contributed by atoms with Crippen LogP contribution in [-0.4, -0.2) is 82.0 Å². The van der Waals surface area contributed by atoms with E-state index < -0.39 is 0 Å². The van der Waals surface area contributed by atoms with E-state index >= 15 is 0 Å². The number of nitrogens with one attached hydrogen (secondary N) is 1. The summed E-state index contributed by atoms with van der Waals surface area (Å²) in [5.41, 5.74) is 0. The van der Waals surface area contributed by atoms with Gasteiger partial charge in [-0.25, -0.2) is 0 Å². The molecule has 0 amide bonds. The molecule has 6 nitrogen and oxygen atoms in total. The number of guanidine groups is 1. The van der Waals surface area contributed by atoms with Crippen molar-refractivity contribution in [3.05, 3.63) is 22.4 Å². The molecule has 1 atom stereocenters. The Bertz CT molecular complexity index is 588. The molecule has 0 radical (unpaired) electrons. The highest BCUT2D eigenvalue weighted by atomic mass is 32.1. The van der Waals surface area contributed by atoms with E-state index in [-0.39, 0.29) is 0 Å². The van der Waals surface area contributed by atoms with Crippen molar-refractivity contribution in [1.82, 2.24) is 15.1 Å². The number of hydrogen-bond donors (Lipinski definition) is 1. The number of methoxy groups -OCH3 is 1. The normalized spacial score (nSPS) is 22.2. The molecule has 1 aromatic rings. The Morgan fingerprint density at radius 2 is 2.10 bits per heavy atom. The van der Waals surface area contributed by atoms with Crippen LogP contribution in [0.15, 0.2) is 22.5 Å². The van der Waals surface area contributed by atoms with Crippen LogP contribution in [-0.2, 0) is 16.0 Å². The van der Waals surface area contributed by atoms with Gasteiger partial charge in [0, 0.05) is 65.0 Å². The van der Waals surface area contributed by atoms with Crippen LogP contribution in [0.25, 0.3) is 0 Å². The summed E-state index contributed by atoms with van der Waals surface area (Å²) in [6, 6.07) is 4.40. The molecule has 1 unspecified atom stereocenters. The summed E-state index contributed by atoms with van der Waals surface area (Å²) >= 11 is 1.87. The molecule has 1 N–H and O–H groups in total. The molecule has 164 valence electrons. The first kappa shape index (κ1) is 22.5. The third-order valence-corrected chi connectivity index (χ3v) is 6.77. The number of piperidine rings is 2. The molecule has 0 spiro atoms. The Morgan fingerprint density at radius 3 is 2.83 bits per heavy atom. The second-order valence-corrected chi connectivity index (χ2v) is 9.19. The van der Waals surface area contributed by atoms with Gasteiger partial charge in [-0.05, 0) is 56.0 Å². The summed E-state index contributed by atoms with van der Waals surface area (Å²) in [4.78, 5) is 11.0. The van der Waals surface area contributed by atoms with E-state index in [9.17, 15) is 0 Å². The molecule has 29 heavy (non-hydrogen) atoms. The lowest BCUT2D eigenvalue weighted by Crippen LogP contribution is -2.49. The number of hydrogen-bond acceptors (Lipinski definition) is 5. The Labute approximate surface area is 180 Å². The maximum absolute atomic E-state index is 5.99. The Morgan fingerprint density at radius 1 is 1.24 bits per heavy atom. The van der Waals surface area contributed by atoms with Gasteiger partial charge in [-0.2, -0.15) is 0 Å². The molecule has 3 rings (SSSR count). The van der Waals surface area contributed by atoms with Gasteiger partial charge in [-0.1, -0.05) is 6.07 Å². The van der Waals surface area contributed by atoms with Gasteiger partial charge in [0.1, 0.15) is 0 Å². The van der Waals surface area contributed by atoms with Crippen molar-refractivity contribution < 1.29 is 9.47 Å². The zero-order valence-electron chi connectivity index (χ0n) is 18.1. The first-order valence-electron chi connectivity index (χ1n) is 11.1. The smallest absolute Gasteiger partial charge is 0.193 e. The standard InChI is InChI=1S/C22H38N4O2S/c1-23-22(26-11-8-20(9-12-26)28-14-5-13-27-2)24-16-19-6-3-10-25(17-19)18-21-7-4-15-29-21/h4,7,15,19-20H,3,5-6,8-14,16-18H2,1-2H3,(H,23,24). The summed E-state index contributed by atoms with van der Waals surface area (Å²) in [5, 5.41) is 5.83. The lowest BCUT2D eigenvalue weighted by atomic mass is 9.98. The maximum Gasteiger partial charge on any atom is 0.193 e. The van der Waals surface area contributed by atoms with Gasteiger partial charge in [0.15, 0.2) is 5.96 Å². The van der Waals surface area contributed by atoms with Crippen LogP contribution in [0.4, 0.5) is 0 Å². The van der Waals surface area contributed by atoms with Crippen LogP contribution in [0.5, 0.6) is 0 Å². The van der Waals surface area contributed by atoms with Gasteiger partial charge < -0.3 is 19.7 Å². The monoisotopic (exact) mass is 422 g/mol. The fourth-order valence-corrected chi connectivity index (χ4v) is 5.09. The van der Waals surface area contributed by atoms with E-state index in [1.54, 1.807) is 7.11 Å². The zero-order chi connectivity index (χ0) is 20.3. The number of ether oxygens (including phenoxy) is 2. The van der Waals surface area contributed by atoms with E-state index in [4.69, 9.17) is 9.47 Å². The van der Waals surface area contributed by atoms with Gasteiger partial charge in [-0.3, -0.25) is 9.89 Å². The fourth-order valence-electron chi connectivity index (χ4n) is 4.34. The maximum atomic E-state index is 5.99. The summed E-state index contributed by atoms with van der Waals surface area (Å²) in [6.45, 7) is 8.13. The van der Waals surface area contributed by atoms with Crippen LogP contribution in [0, 0.1) is 5.92 Å². The third kappa shape index (κ3) is 7.55. The lowest BCUT2D eigenvalue weighted by Gasteiger charge is -2.36. The van der Waals surface area contributed by atoms with Crippen molar-refractivity contribution in [2.45, 2.75) is 44.8 Å². The minimum Gasteiger partial charge on any atom is -0.385 e. The highest BCUT2D eigenvalue weighted by molar-refractivity contribution is 7.09. The number of rotatable bonds is 9. The summed E-state index contributed by atoms with van der Waals surface area (Å²) in [6.07, 6.45) is 6.11. The van der Waals surface area contributed by atoms with Gasteiger partial charge in [0.25, 0.3) is 0 Å². The molecule has 0 aromatic carbocycles. The highest BCUT2D eigenvalue weighted by Crippen LogP contribution is 2.20. The van der Waals surface area contributed by atoms with Gasteiger partial charge in [0.05, 0.1) is 6.10 Å². The largest absolute Gasteiger partial charge is 0.385 e. The Kier molecular flexibility index (Phi) is 9.73. The Balaban J connectivity index is 1.36. The predicted molar refractivity (Wildman–Crippen MR) is 121 cm³/mol. The molecule has 7 heteroatoms. The van der Waals surface area contributed by atoms with Crippen molar-refractivity contribution in [1.29, 1.82) is 0 Å². The van der Waals surface area contributed by atoms with E-state index in [0.717, 1.165) is 64.6 Å². The molecule has 0 saturated carbocycles. The highest BCUT2D eigenvalue weighted by Gasteiger charge is 2.24. The number of likely N-dealkylation sites (tertiary alicyclic amines) is 2. The molecule has 2 saturated heterocycles. The van der Waals surface area contributed by atoms with Crippen molar-refractivity contribution in [2.75, 3.05) is 60.1 Å². The topological polar surface area (TPSA) is 49.3 Å². The van der Waals surface area contributed by atoms with E-state index in [1.165, 1.54) is 30.8 Å². The zero-order valence-corrected chi connectivity index (χ0v) is 19.0. The van der Waals surface area contributed by atoms with Gasteiger partial charge in [-0.15, -0.1) is 11.3 Å².